The number of hydrogen-bond donors (Lipinski definition) is 0. The maximum atomic E-state index is 13.9. The zero-order chi connectivity index (χ0) is 13.7. The van der Waals surface area contributed by atoms with Crippen LogP contribution in [-0.4, -0.2) is 18.3 Å². The highest BCUT2D eigenvalue weighted by Crippen LogP contribution is 2.37. The van der Waals surface area contributed by atoms with Crippen molar-refractivity contribution in [2.24, 2.45) is 0 Å². The second-order valence-electron chi connectivity index (χ2n) is 5.37. The van der Waals surface area contributed by atoms with Crippen LogP contribution in [0.3, 0.4) is 0 Å². The van der Waals surface area contributed by atoms with E-state index >= 15 is 0 Å². The Morgan fingerprint density at radius 2 is 1.56 bits per heavy atom. The van der Waals surface area contributed by atoms with E-state index in [1.165, 1.54) is 12.1 Å². The molecule has 18 heavy (non-hydrogen) atoms. The molecule has 0 unspecified atom stereocenters. The first kappa shape index (κ1) is 14.1. The van der Waals surface area contributed by atoms with E-state index in [0.717, 1.165) is 0 Å². The molecule has 0 spiro atoms. The van der Waals surface area contributed by atoms with Gasteiger partial charge in [0.1, 0.15) is 5.82 Å². The van der Waals surface area contributed by atoms with Gasteiger partial charge in [-0.05, 0) is 39.8 Å². The van der Waals surface area contributed by atoms with E-state index in [4.69, 9.17) is 32.5 Å². The Balaban J connectivity index is 2.42. The zero-order valence-corrected chi connectivity index (χ0v) is 12.2. The molecular weight excluding hydrogens is 277 g/mol. The summed E-state index contributed by atoms with van der Waals surface area (Å²) in [6, 6.07) is 2.68. The van der Waals surface area contributed by atoms with E-state index in [0.29, 0.717) is 0 Å². The number of rotatable bonds is 1. The van der Waals surface area contributed by atoms with Gasteiger partial charge in [0.15, 0.2) is 0 Å². The summed E-state index contributed by atoms with van der Waals surface area (Å²) in [6.45, 7) is 7.59. The standard InChI is InChI=1S/C12H14BCl2FO2/c1-11(2)12(3,4)18-13(17-11)10-8(15)5-7(14)6-9(10)16/h5-6H,1-4H3. The van der Waals surface area contributed by atoms with Crippen molar-refractivity contribution in [3.8, 4) is 0 Å². The molecule has 1 aliphatic heterocycles. The Bertz CT molecular complexity index is 452. The molecule has 2 rings (SSSR count). The molecule has 1 fully saturated rings. The van der Waals surface area contributed by atoms with Gasteiger partial charge in [-0.25, -0.2) is 4.39 Å². The molecule has 0 aromatic heterocycles. The summed E-state index contributed by atoms with van der Waals surface area (Å²) in [5.41, 5.74) is -0.875. The molecule has 1 heterocycles. The highest BCUT2D eigenvalue weighted by atomic mass is 35.5. The fourth-order valence-corrected chi connectivity index (χ4v) is 2.30. The fourth-order valence-electron chi connectivity index (χ4n) is 1.74. The molecule has 98 valence electrons. The number of benzene rings is 1. The smallest absolute Gasteiger partial charge is 0.399 e. The van der Waals surface area contributed by atoms with Crippen molar-refractivity contribution in [3.05, 3.63) is 28.0 Å². The third-order valence-corrected chi connectivity index (χ3v) is 4.06. The van der Waals surface area contributed by atoms with E-state index in [9.17, 15) is 4.39 Å². The average Bonchev–Trinajstić information content (AvgIpc) is 2.32. The van der Waals surface area contributed by atoms with Crippen LogP contribution in [0, 0.1) is 5.82 Å². The number of halogens is 3. The lowest BCUT2D eigenvalue weighted by molar-refractivity contribution is 0.00578. The van der Waals surface area contributed by atoms with Crippen LogP contribution in [0.4, 0.5) is 4.39 Å². The molecule has 0 radical (unpaired) electrons. The number of hydrogen-bond acceptors (Lipinski definition) is 2. The van der Waals surface area contributed by atoms with Gasteiger partial charge in [-0.3, -0.25) is 0 Å². The van der Waals surface area contributed by atoms with Gasteiger partial charge in [0, 0.05) is 15.5 Å². The Hall–Kier alpha value is -0.285. The van der Waals surface area contributed by atoms with Gasteiger partial charge in [0.25, 0.3) is 0 Å². The molecule has 0 amide bonds. The minimum Gasteiger partial charge on any atom is -0.399 e. The van der Waals surface area contributed by atoms with Crippen molar-refractivity contribution in [1.29, 1.82) is 0 Å². The van der Waals surface area contributed by atoms with E-state index in [1.807, 2.05) is 27.7 Å². The van der Waals surface area contributed by atoms with Crippen molar-refractivity contribution in [3.63, 3.8) is 0 Å². The van der Waals surface area contributed by atoms with Crippen LogP contribution in [0.5, 0.6) is 0 Å². The summed E-state index contributed by atoms with van der Waals surface area (Å²) in [5.74, 6) is -0.522. The molecule has 1 saturated heterocycles. The maximum Gasteiger partial charge on any atom is 0.499 e. The molecule has 2 nitrogen and oxygen atoms in total. The van der Waals surface area contributed by atoms with Gasteiger partial charge in [0.05, 0.1) is 11.2 Å². The Labute approximate surface area is 117 Å². The quantitative estimate of drug-likeness (QED) is 0.738. The minimum absolute atomic E-state index is 0.194. The van der Waals surface area contributed by atoms with Crippen LogP contribution in [0.15, 0.2) is 12.1 Å². The van der Waals surface area contributed by atoms with Crippen molar-refractivity contribution in [2.45, 2.75) is 38.9 Å². The second kappa shape index (κ2) is 4.38. The van der Waals surface area contributed by atoms with Gasteiger partial charge >= 0.3 is 7.12 Å². The van der Waals surface area contributed by atoms with E-state index in [1.54, 1.807) is 0 Å². The van der Waals surface area contributed by atoms with Gasteiger partial charge in [-0.15, -0.1) is 0 Å². The Morgan fingerprint density at radius 3 is 2.00 bits per heavy atom. The van der Waals surface area contributed by atoms with Gasteiger partial charge < -0.3 is 9.31 Å². The first-order valence-electron chi connectivity index (χ1n) is 5.64. The van der Waals surface area contributed by atoms with Crippen LogP contribution < -0.4 is 5.46 Å². The van der Waals surface area contributed by atoms with Crippen molar-refractivity contribution in [1.82, 2.24) is 0 Å². The Morgan fingerprint density at radius 1 is 1.06 bits per heavy atom. The fraction of sp³-hybridized carbons (Fsp3) is 0.500. The maximum absolute atomic E-state index is 13.9. The molecule has 6 heteroatoms. The molecular formula is C12H14BCl2FO2. The summed E-state index contributed by atoms with van der Waals surface area (Å²) in [4.78, 5) is 0. The first-order chi connectivity index (χ1) is 8.14. The SMILES string of the molecule is CC1(C)OB(c2c(F)cc(Cl)cc2Cl)OC1(C)C. The van der Waals surface area contributed by atoms with E-state index < -0.39 is 24.1 Å². The lowest BCUT2D eigenvalue weighted by atomic mass is 9.78. The van der Waals surface area contributed by atoms with Gasteiger partial charge in [0.2, 0.25) is 0 Å². The second-order valence-corrected chi connectivity index (χ2v) is 6.21. The van der Waals surface area contributed by atoms with Crippen LogP contribution in [0.1, 0.15) is 27.7 Å². The van der Waals surface area contributed by atoms with Crippen molar-refractivity contribution < 1.29 is 13.7 Å². The third-order valence-electron chi connectivity index (χ3n) is 3.53. The summed E-state index contributed by atoms with van der Waals surface area (Å²) in [7, 11) is -0.820. The topological polar surface area (TPSA) is 18.5 Å². The highest BCUT2D eigenvalue weighted by Gasteiger charge is 2.53. The molecule has 1 aromatic carbocycles. The monoisotopic (exact) mass is 290 g/mol. The molecule has 0 bridgehead atoms. The van der Waals surface area contributed by atoms with Crippen LogP contribution >= 0.6 is 23.2 Å². The van der Waals surface area contributed by atoms with Crippen LogP contribution in [-0.2, 0) is 9.31 Å². The molecule has 0 saturated carbocycles. The van der Waals surface area contributed by atoms with Crippen LogP contribution in [0.25, 0.3) is 0 Å². The predicted octanol–water partition coefficient (Wildman–Crippen LogP) is 3.43. The highest BCUT2D eigenvalue weighted by molar-refractivity contribution is 6.66. The molecule has 0 aliphatic carbocycles. The lowest BCUT2D eigenvalue weighted by Crippen LogP contribution is -2.41. The lowest BCUT2D eigenvalue weighted by Gasteiger charge is -2.32. The van der Waals surface area contributed by atoms with Crippen LogP contribution in [0.2, 0.25) is 10.0 Å². The summed E-state index contributed by atoms with van der Waals surface area (Å²) < 4.78 is 25.5. The first-order valence-corrected chi connectivity index (χ1v) is 6.40. The largest absolute Gasteiger partial charge is 0.499 e. The molecule has 0 N–H and O–H groups in total. The van der Waals surface area contributed by atoms with E-state index in [-0.39, 0.29) is 15.5 Å². The summed E-state index contributed by atoms with van der Waals surface area (Å²) in [5, 5.41) is 0.455. The van der Waals surface area contributed by atoms with Gasteiger partial charge in [-0.2, -0.15) is 0 Å². The molecule has 1 aliphatic rings. The van der Waals surface area contributed by atoms with Crippen molar-refractivity contribution >= 4 is 35.8 Å². The predicted molar refractivity (Wildman–Crippen MR) is 72.1 cm³/mol. The summed E-state index contributed by atoms with van der Waals surface area (Å²) in [6.07, 6.45) is 0. The normalized spacial score (nSPS) is 21.4. The molecule has 0 atom stereocenters. The molecule has 1 aromatic rings. The minimum atomic E-state index is -0.820. The van der Waals surface area contributed by atoms with Crippen molar-refractivity contribution in [2.75, 3.05) is 0 Å². The third kappa shape index (κ3) is 2.27. The Kier molecular flexibility index (Phi) is 3.44. The summed E-state index contributed by atoms with van der Waals surface area (Å²) >= 11 is 11.8. The average molecular weight is 291 g/mol. The van der Waals surface area contributed by atoms with E-state index in [2.05, 4.69) is 0 Å². The van der Waals surface area contributed by atoms with Gasteiger partial charge in [-0.1, -0.05) is 23.2 Å². The zero-order valence-electron chi connectivity index (χ0n) is 10.7.